The SMILES string of the molecule is CC(C)[C@H](N)C(=O)N1C[C@H]2[C@@H]([C@H]1C(=O)N[C@@H](C[C@@H]1CCNC1=O)C(=O)COc1ccc(F)cc1F)C2(C)C.Cl. The number of ketones is 1. The first-order valence-corrected chi connectivity index (χ1v) is 13.1. The van der Waals surface area contributed by atoms with Crippen LogP contribution >= 0.6 is 12.4 Å². The highest BCUT2D eigenvalue weighted by Crippen LogP contribution is 2.64. The Hall–Kier alpha value is -2.79. The predicted molar refractivity (Wildman–Crippen MR) is 141 cm³/mol. The Balaban J connectivity index is 0.00000420. The molecule has 216 valence electrons. The fraction of sp³-hybridized carbons (Fsp3) is 0.630. The molecule has 0 bridgehead atoms. The van der Waals surface area contributed by atoms with Crippen molar-refractivity contribution in [1.29, 1.82) is 0 Å². The van der Waals surface area contributed by atoms with Gasteiger partial charge in [-0.05, 0) is 48.1 Å². The van der Waals surface area contributed by atoms with Gasteiger partial charge in [0.15, 0.2) is 17.3 Å². The zero-order valence-corrected chi connectivity index (χ0v) is 23.4. The molecule has 39 heavy (non-hydrogen) atoms. The molecule has 2 heterocycles. The summed E-state index contributed by atoms with van der Waals surface area (Å²) >= 11 is 0. The summed E-state index contributed by atoms with van der Waals surface area (Å²) in [5, 5.41) is 5.49. The Labute approximate surface area is 233 Å². The second-order valence-corrected chi connectivity index (χ2v) is 11.6. The van der Waals surface area contributed by atoms with Gasteiger partial charge in [0, 0.05) is 25.1 Å². The van der Waals surface area contributed by atoms with Crippen LogP contribution in [-0.4, -0.2) is 66.2 Å². The third kappa shape index (κ3) is 6.19. The summed E-state index contributed by atoms with van der Waals surface area (Å²) in [7, 11) is 0. The van der Waals surface area contributed by atoms with Gasteiger partial charge in [0.25, 0.3) is 0 Å². The van der Waals surface area contributed by atoms with E-state index in [1.54, 1.807) is 0 Å². The number of fused-ring (bicyclic) bond motifs is 1. The predicted octanol–water partition coefficient (Wildman–Crippen LogP) is 1.81. The third-order valence-corrected chi connectivity index (χ3v) is 8.42. The lowest BCUT2D eigenvalue weighted by Gasteiger charge is -2.33. The Morgan fingerprint density at radius 2 is 1.95 bits per heavy atom. The van der Waals surface area contributed by atoms with E-state index >= 15 is 0 Å². The molecule has 1 aromatic carbocycles. The summed E-state index contributed by atoms with van der Waals surface area (Å²) < 4.78 is 32.5. The molecule has 4 N–H and O–H groups in total. The van der Waals surface area contributed by atoms with Crippen LogP contribution in [0.25, 0.3) is 0 Å². The van der Waals surface area contributed by atoms with E-state index in [1.807, 2.05) is 27.7 Å². The van der Waals surface area contributed by atoms with Crippen molar-refractivity contribution in [3.8, 4) is 5.75 Å². The Kier molecular flexibility index (Phi) is 9.27. The number of Topliss-reactive ketones (excluding diaryl/α,β-unsaturated/α-hetero) is 1. The van der Waals surface area contributed by atoms with Crippen LogP contribution in [0.4, 0.5) is 8.78 Å². The van der Waals surface area contributed by atoms with E-state index < -0.39 is 54.0 Å². The van der Waals surface area contributed by atoms with Gasteiger partial charge in [0.05, 0.1) is 12.1 Å². The molecular formula is C27H37ClF2N4O5. The molecule has 1 aliphatic carbocycles. The molecule has 3 fully saturated rings. The van der Waals surface area contributed by atoms with Crippen molar-refractivity contribution in [3.05, 3.63) is 29.8 Å². The van der Waals surface area contributed by atoms with Crippen LogP contribution in [0.3, 0.4) is 0 Å². The van der Waals surface area contributed by atoms with E-state index in [-0.39, 0.29) is 59.6 Å². The fourth-order valence-corrected chi connectivity index (χ4v) is 5.81. The number of benzene rings is 1. The van der Waals surface area contributed by atoms with Crippen molar-refractivity contribution >= 4 is 35.9 Å². The molecule has 2 aliphatic heterocycles. The van der Waals surface area contributed by atoms with Gasteiger partial charge in [-0.15, -0.1) is 12.4 Å². The number of hydrogen-bond acceptors (Lipinski definition) is 6. The van der Waals surface area contributed by atoms with Crippen LogP contribution in [0.1, 0.15) is 40.5 Å². The monoisotopic (exact) mass is 570 g/mol. The quantitative estimate of drug-likeness (QED) is 0.393. The maximum atomic E-state index is 14.0. The van der Waals surface area contributed by atoms with Crippen molar-refractivity contribution in [2.75, 3.05) is 19.7 Å². The number of likely N-dealkylation sites (tertiary alicyclic amines) is 1. The second kappa shape index (κ2) is 11.8. The number of amides is 3. The van der Waals surface area contributed by atoms with Crippen molar-refractivity contribution in [2.24, 2.45) is 34.8 Å². The Morgan fingerprint density at radius 3 is 2.54 bits per heavy atom. The van der Waals surface area contributed by atoms with Crippen molar-refractivity contribution < 1.29 is 32.7 Å². The van der Waals surface area contributed by atoms with Gasteiger partial charge < -0.3 is 26.0 Å². The van der Waals surface area contributed by atoms with Crippen molar-refractivity contribution in [2.45, 2.75) is 58.7 Å². The van der Waals surface area contributed by atoms with Crippen LogP contribution < -0.4 is 21.1 Å². The van der Waals surface area contributed by atoms with Gasteiger partial charge >= 0.3 is 0 Å². The standard InChI is InChI=1S/C27H36F2N4O5.ClH/c1-13(2)22(30)26(37)33-11-16-21(27(16,3)4)23(33)25(36)32-18(9-14-7-8-31-24(14)35)19(34)12-38-20-6-5-15(28)10-17(20)29;/h5-6,10,13-14,16,18,21-23H,7-9,11-12,30H2,1-4H3,(H,31,35)(H,32,36);1H/t14-,16-,18-,21-,22-,23-;/m0./s1. The van der Waals surface area contributed by atoms with Crippen molar-refractivity contribution in [3.63, 3.8) is 0 Å². The maximum absolute atomic E-state index is 14.0. The average Bonchev–Trinajstić information content (AvgIpc) is 3.20. The largest absolute Gasteiger partial charge is 0.483 e. The van der Waals surface area contributed by atoms with Gasteiger partial charge in [0.1, 0.15) is 18.5 Å². The van der Waals surface area contributed by atoms with Crippen LogP contribution in [0.2, 0.25) is 0 Å². The van der Waals surface area contributed by atoms with E-state index in [4.69, 9.17) is 10.5 Å². The minimum absolute atomic E-state index is 0. The van der Waals surface area contributed by atoms with E-state index in [2.05, 4.69) is 10.6 Å². The van der Waals surface area contributed by atoms with Crippen LogP contribution in [0.5, 0.6) is 5.75 Å². The third-order valence-electron chi connectivity index (χ3n) is 8.42. The van der Waals surface area contributed by atoms with Crippen molar-refractivity contribution in [1.82, 2.24) is 15.5 Å². The highest BCUT2D eigenvalue weighted by molar-refractivity contribution is 5.95. The summed E-state index contributed by atoms with van der Waals surface area (Å²) in [6, 6.07) is 0.0671. The van der Waals surface area contributed by atoms with Gasteiger partial charge in [-0.25, -0.2) is 8.78 Å². The highest BCUT2D eigenvalue weighted by atomic mass is 35.5. The molecule has 3 amide bonds. The molecule has 4 rings (SSSR count). The van der Waals surface area contributed by atoms with Gasteiger partial charge in [0.2, 0.25) is 17.7 Å². The molecule has 0 spiro atoms. The molecule has 0 radical (unpaired) electrons. The zero-order chi connectivity index (χ0) is 27.9. The lowest BCUT2D eigenvalue weighted by atomic mass is 9.94. The fourth-order valence-electron chi connectivity index (χ4n) is 5.81. The molecule has 6 atom stereocenters. The summed E-state index contributed by atoms with van der Waals surface area (Å²) in [6.45, 7) is 8.04. The first-order chi connectivity index (χ1) is 17.8. The average molecular weight is 571 g/mol. The Bertz CT molecular complexity index is 1130. The van der Waals surface area contributed by atoms with Gasteiger partial charge in [-0.1, -0.05) is 27.7 Å². The van der Waals surface area contributed by atoms with E-state index in [1.165, 1.54) is 4.90 Å². The van der Waals surface area contributed by atoms with Crippen LogP contribution in [0, 0.1) is 40.7 Å². The molecule has 1 aromatic rings. The summed E-state index contributed by atoms with van der Waals surface area (Å²) in [5.41, 5.74) is 5.98. The van der Waals surface area contributed by atoms with Crippen LogP contribution in [0.15, 0.2) is 18.2 Å². The number of piperidine rings is 1. The number of carbonyl (C=O) groups excluding carboxylic acids is 4. The second-order valence-electron chi connectivity index (χ2n) is 11.6. The molecule has 0 unspecified atom stereocenters. The molecule has 2 saturated heterocycles. The number of rotatable bonds is 10. The molecule has 3 aliphatic rings. The number of nitrogens with zero attached hydrogens (tertiary/aromatic N) is 1. The summed E-state index contributed by atoms with van der Waals surface area (Å²) in [5.74, 6) is -4.18. The zero-order valence-electron chi connectivity index (χ0n) is 22.5. The molecule has 12 heteroatoms. The maximum Gasteiger partial charge on any atom is 0.243 e. The number of halogens is 3. The number of nitrogens with two attached hydrogens (primary N) is 1. The van der Waals surface area contributed by atoms with Gasteiger partial charge in [-0.2, -0.15) is 0 Å². The first-order valence-electron chi connectivity index (χ1n) is 13.1. The number of carbonyl (C=O) groups is 4. The number of ether oxygens (including phenoxy) is 1. The van der Waals surface area contributed by atoms with E-state index in [0.717, 1.165) is 12.1 Å². The minimum atomic E-state index is -1.10. The normalized spacial score (nSPS) is 26.3. The van der Waals surface area contributed by atoms with E-state index in [9.17, 15) is 28.0 Å². The number of hydrogen-bond donors (Lipinski definition) is 3. The smallest absolute Gasteiger partial charge is 0.243 e. The topological polar surface area (TPSA) is 131 Å². The molecule has 9 nitrogen and oxygen atoms in total. The number of nitrogens with one attached hydrogen (secondary N) is 2. The summed E-state index contributed by atoms with van der Waals surface area (Å²) in [6.07, 6.45) is 0.538. The van der Waals surface area contributed by atoms with Crippen LogP contribution in [-0.2, 0) is 19.2 Å². The van der Waals surface area contributed by atoms with E-state index in [0.29, 0.717) is 25.6 Å². The lowest BCUT2D eigenvalue weighted by Crippen LogP contribution is -2.57. The molecular weight excluding hydrogens is 534 g/mol. The minimum Gasteiger partial charge on any atom is -0.483 e. The first kappa shape index (κ1) is 30.7. The highest BCUT2D eigenvalue weighted by Gasteiger charge is 2.69. The Morgan fingerprint density at radius 1 is 1.26 bits per heavy atom. The van der Waals surface area contributed by atoms with Gasteiger partial charge in [-0.3, -0.25) is 19.2 Å². The molecule has 1 saturated carbocycles. The lowest BCUT2D eigenvalue weighted by molar-refractivity contribution is -0.143. The molecule has 0 aromatic heterocycles. The summed E-state index contributed by atoms with van der Waals surface area (Å²) in [4.78, 5) is 53.8.